The average molecular weight is 341 g/mol. The van der Waals surface area contributed by atoms with Crippen LogP contribution in [-0.2, 0) is 11.0 Å². The van der Waals surface area contributed by atoms with Crippen LogP contribution < -0.4 is 4.90 Å². The fourth-order valence-corrected chi connectivity index (χ4v) is 3.74. The van der Waals surface area contributed by atoms with Crippen molar-refractivity contribution in [3.63, 3.8) is 0 Å². The minimum atomic E-state index is -4.52. The molecule has 7 heteroatoms. The van der Waals surface area contributed by atoms with E-state index in [2.05, 4.69) is 0 Å². The van der Waals surface area contributed by atoms with Gasteiger partial charge < -0.3 is 0 Å². The van der Waals surface area contributed by atoms with Crippen LogP contribution in [0.5, 0.6) is 0 Å². The summed E-state index contributed by atoms with van der Waals surface area (Å²) in [6.07, 6.45) is -4.52. The van der Waals surface area contributed by atoms with Gasteiger partial charge in [-0.05, 0) is 29.8 Å². The molecule has 1 saturated heterocycles. The van der Waals surface area contributed by atoms with Gasteiger partial charge >= 0.3 is 6.18 Å². The van der Waals surface area contributed by atoms with E-state index in [1.807, 2.05) is 0 Å². The van der Waals surface area contributed by atoms with Crippen LogP contribution in [0.1, 0.15) is 16.5 Å². The van der Waals surface area contributed by atoms with Crippen LogP contribution in [0.3, 0.4) is 0 Å². The number of anilines is 1. The quantitative estimate of drug-likeness (QED) is 0.743. The zero-order valence-electron chi connectivity index (χ0n) is 11.7. The highest BCUT2D eigenvalue weighted by Gasteiger charge is 2.40. The molecule has 1 heterocycles. The predicted octanol–water partition coefficient (Wildman–Crippen LogP) is 4.62. The molecule has 0 aliphatic carbocycles. The maximum Gasteiger partial charge on any atom is 0.416 e. The molecule has 1 aliphatic rings. The van der Waals surface area contributed by atoms with Crippen molar-refractivity contribution in [3.05, 3.63) is 65.5 Å². The molecule has 2 nitrogen and oxygen atoms in total. The lowest BCUT2D eigenvalue weighted by Crippen LogP contribution is -2.29. The molecule has 0 aromatic heterocycles. The number of benzene rings is 2. The number of nitrogens with zero attached hydrogens (tertiary/aromatic N) is 1. The number of carbonyl (C=O) groups excluding carboxylic acids is 1. The molecule has 1 amide bonds. The molecule has 3 rings (SSSR count). The highest BCUT2D eigenvalue weighted by atomic mass is 32.2. The van der Waals surface area contributed by atoms with E-state index in [0.29, 0.717) is 0 Å². The Hall–Kier alpha value is -2.02. The molecule has 23 heavy (non-hydrogen) atoms. The third-order valence-corrected chi connectivity index (χ3v) is 4.68. The predicted molar refractivity (Wildman–Crippen MR) is 80.5 cm³/mol. The van der Waals surface area contributed by atoms with Gasteiger partial charge in [-0.1, -0.05) is 24.3 Å². The second-order valence-corrected chi connectivity index (χ2v) is 6.06. The van der Waals surface area contributed by atoms with Crippen LogP contribution in [0.25, 0.3) is 0 Å². The Morgan fingerprint density at radius 2 is 1.83 bits per heavy atom. The van der Waals surface area contributed by atoms with Crippen molar-refractivity contribution in [1.82, 2.24) is 0 Å². The summed E-state index contributed by atoms with van der Waals surface area (Å²) in [5, 5.41) is -0.831. The lowest BCUT2D eigenvalue weighted by atomic mass is 10.1. The first kappa shape index (κ1) is 15.9. The number of hydrogen-bond donors (Lipinski definition) is 0. The van der Waals surface area contributed by atoms with Gasteiger partial charge in [0.25, 0.3) is 0 Å². The Bertz CT molecular complexity index is 747. The summed E-state index contributed by atoms with van der Waals surface area (Å²) >= 11 is 1.10. The van der Waals surface area contributed by atoms with Crippen LogP contribution in [0.2, 0.25) is 0 Å². The van der Waals surface area contributed by atoms with Gasteiger partial charge in [0.2, 0.25) is 5.91 Å². The van der Waals surface area contributed by atoms with Crippen molar-refractivity contribution < 1.29 is 22.4 Å². The molecule has 1 fully saturated rings. The van der Waals surface area contributed by atoms with Gasteiger partial charge in [0.15, 0.2) is 0 Å². The van der Waals surface area contributed by atoms with Crippen molar-refractivity contribution in [2.45, 2.75) is 11.6 Å². The van der Waals surface area contributed by atoms with Crippen molar-refractivity contribution >= 4 is 23.4 Å². The van der Waals surface area contributed by atoms with Gasteiger partial charge in [0.1, 0.15) is 11.2 Å². The molecule has 0 unspecified atom stereocenters. The number of thioether (sulfide) groups is 1. The molecule has 120 valence electrons. The summed E-state index contributed by atoms with van der Waals surface area (Å²) in [5.74, 6) is -0.842. The van der Waals surface area contributed by atoms with E-state index in [1.165, 1.54) is 41.3 Å². The lowest BCUT2D eigenvalue weighted by Gasteiger charge is -2.26. The summed E-state index contributed by atoms with van der Waals surface area (Å²) in [6.45, 7) is 0. The molecule has 0 radical (unpaired) electrons. The van der Waals surface area contributed by atoms with Crippen molar-refractivity contribution in [1.29, 1.82) is 0 Å². The molecule has 0 spiro atoms. The van der Waals surface area contributed by atoms with Crippen molar-refractivity contribution in [3.8, 4) is 0 Å². The highest BCUT2D eigenvalue weighted by molar-refractivity contribution is 8.00. The number of alkyl halides is 3. The fraction of sp³-hybridized carbons (Fsp3) is 0.188. The van der Waals surface area contributed by atoms with Gasteiger partial charge in [-0.3, -0.25) is 9.69 Å². The second kappa shape index (κ2) is 5.88. The molecule has 2 aromatic rings. The third-order valence-electron chi connectivity index (χ3n) is 3.49. The number of halogens is 4. The maximum atomic E-state index is 13.4. The van der Waals surface area contributed by atoms with E-state index in [4.69, 9.17) is 0 Å². The molecule has 2 aromatic carbocycles. The molecule has 1 atom stereocenters. The largest absolute Gasteiger partial charge is 0.416 e. The van der Waals surface area contributed by atoms with Crippen LogP contribution in [-0.4, -0.2) is 11.7 Å². The number of amides is 1. The van der Waals surface area contributed by atoms with E-state index in [-0.39, 0.29) is 22.9 Å². The standard InChI is InChI=1S/C16H11F4NOS/c17-10-4-3-5-11(8-10)21-14(22)9-23-15(21)12-6-1-2-7-13(12)16(18,19)20/h1-8,15H,9H2/t15-/m1/s1. The zero-order valence-corrected chi connectivity index (χ0v) is 12.5. The Morgan fingerprint density at radius 3 is 2.52 bits per heavy atom. The molecule has 0 saturated carbocycles. The number of rotatable bonds is 2. The monoisotopic (exact) mass is 341 g/mol. The normalized spacial score (nSPS) is 18.5. The summed E-state index contributed by atoms with van der Waals surface area (Å²) < 4.78 is 53.1. The first-order valence-corrected chi connectivity index (χ1v) is 7.78. The van der Waals surface area contributed by atoms with Crippen LogP contribution >= 0.6 is 11.8 Å². The first-order chi connectivity index (χ1) is 10.9. The SMILES string of the molecule is O=C1CS[C@H](c2ccccc2C(F)(F)F)N1c1cccc(F)c1. The maximum absolute atomic E-state index is 13.4. The smallest absolute Gasteiger partial charge is 0.295 e. The minimum Gasteiger partial charge on any atom is -0.295 e. The van der Waals surface area contributed by atoms with E-state index in [1.54, 1.807) is 0 Å². The first-order valence-electron chi connectivity index (χ1n) is 6.73. The van der Waals surface area contributed by atoms with Gasteiger partial charge in [0.05, 0.1) is 11.3 Å². The minimum absolute atomic E-state index is 0.000103. The summed E-state index contributed by atoms with van der Waals surface area (Å²) in [4.78, 5) is 13.4. The number of carbonyl (C=O) groups is 1. The highest BCUT2D eigenvalue weighted by Crippen LogP contribution is 2.46. The van der Waals surface area contributed by atoms with Gasteiger partial charge in [-0.2, -0.15) is 13.2 Å². The van der Waals surface area contributed by atoms with Crippen LogP contribution in [0.4, 0.5) is 23.2 Å². The average Bonchev–Trinajstić information content (AvgIpc) is 2.88. The lowest BCUT2D eigenvalue weighted by molar-refractivity contribution is -0.138. The Balaban J connectivity index is 2.08. The Morgan fingerprint density at radius 1 is 1.09 bits per heavy atom. The van der Waals surface area contributed by atoms with E-state index in [0.717, 1.165) is 23.9 Å². The molecule has 1 aliphatic heterocycles. The van der Waals surface area contributed by atoms with Gasteiger partial charge in [0, 0.05) is 5.69 Å². The molecule has 0 N–H and O–H groups in total. The van der Waals surface area contributed by atoms with Crippen LogP contribution in [0, 0.1) is 5.82 Å². The van der Waals surface area contributed by atoms with Crippen LogP contribution in [0.15, 0.2) is 48.5 Å². The summed E-state index contributed by atoms with van der Waals surface area (Å²) in [6, 6.07) is 10.4. The topological polar surface area (TPSA) is 20.3 Å². The van der Waals surface area contributed by atoms with E-state index >= 15 is 0 Å². The molecular weight excluding hydrogens is 330 g/mol. The summed E-state index contributed by atoms with van der Waals surface area (Å²) in [5.41, 5.74) is -0.532. The van der Waals surface area contributed by atoms with Gasteiger partial charge in [-0.15, -0.1) is 11.8 Å². The fourth-order valence-electron chi connectivity index (χ4n) is 2.53. The summed E-state index contributed by atoms with van der Waals surface area (Å²) in [7, 11) is 0. The third kappa shape index (κ3) is 3.06. The Kier molecular flexibility index (Phi) is 4.06. The van der Waals surface area contributed by atoms with Crippen molar-refractivity contribution in [2.24, 2.45) is 0 Å². The second-order valence-electron chi connectivity index (χ2n) is 4.99. The van der Waals surface area contributed by atoms with Gasteiger partial charge in [-0.25, -0.2) is 4.39 Å². The zero-order chi connectivity index (χ0) is 16.6. The van der Waals surface area contributed by atoms with Crippen molar-refractivity contribution in [2.75, 3.05) is 10.7 Å². The van der Waals surface area contributed by atoms with E-state index in [9.17, 15) is 22.4 Å². The number of hydrogen-bond acceptors (Lipinski definition) is 2. The Labute approximate surface area is 134 Å². The molecule has 0 bridgehead atoms. The van der Waals surface area contributed by atoms with E-state index < -0.39 is 22.9 Å². The molecular formula is C16H11F4NOS.